The van der Waals surface area contributed by atoms with Gasteiger partial charge in [-0.2, -0.15) is 0 Å². The van der Waals surface area contributed by atoms with Gasteiger partial charge in [-0.05, 0) is 60.3 Å². The van der Waals surface area contributed by atoms with Crippen molar-refractivity contribution in [3.63, 3.8) is 0 Å². The Morgan fingerprint density at radius 2 is 1.63 bits per heavy atom. The summed E-state index contributed by atoms with van der Waals surface area (Å²) in [5.74, 6) is 3.33. The molecule has 1 N–H and O–H groups in total. The molecule has 0 radical (unpaired) electrons. The molecule has 0 aromatic carbocycles. The van der Waals surface area contributed by atoms with E-state index < -0.39 is 0 Å². The largest absolute Gasteiger partial charge is 0.313 e. The van der Waals surface area contributed by atoms with Crippen LogP contribution in [-0.4, -0.2) is 12.6 Å². The molecule has 0 spiro atoms. The van der Waals surface area contributed by atoms with Crippen molar-refractivity contribution in [2.75, 3.05) is 6.54 Å². The van der Waals surface area contributed by atoms with Crippen molar-refractivity contribution in [2.45, 2.75) is 73.8 Å². The highest BCUT2D eigenvalue weighted by Crippen LogP contribution is 2.65. The monoisotopic (exact) mass is 265 g/mol. The summed E-state index contributed by atoms with van der Waals surface area (Å²) in [7, 11) is 0. The van der Waals surface area contributed by atoms with E-state index in [1.165, 1.54) is 25.8 Å². The quantitative estimate of drug-likeness (QED) is 0.758. The summed E-state index contributed by atoms with van der Waals surface area (Å²) in [4.78, 5) is 0. The van der Waals surface area contributed by atoms with Crippen LogP contribution < -0.4 is 5.32 Å². The van der Waals surface area contributed by atoms with Crippen molar-refractivity contribution in [2.24, 2.45) is 34.5 Å². The maximum Gasteiger partial charge on any atom is 0.0129 e. The van der Waals surface area contributed by atoms with Crippen LogP contribution in [0.1, 0.15) is 67.7 Å². The van der Waals surface area contributed by atoms with Gasteiger partial charge in [0.25, 0.3) is 0 Å². The zero-order valence-electron chi connectivity index (χ0n) is 14.2. The highest BCUT2D eigenvalue weighted by atomic mass is 15.0. The SMILES string of the molecule is CC(C)C(CNC1CC2CCC1(C)C2(C)C)C(C)C. The second-order valence-electron chi connectivity index (χ2n) is 8.72. The van der Waals surface area contributed by atoms with E-state index in [0.29, 0.717) is 10.8 Å². The van der Waals surface area contributed by atoms with Crippen molar-refractivity contribution in [3.05, 3.63) is 0 Å². The molecule has 0 aromatic rings. The van der Waals surface area contributed by atoms with E-state index >= 15 is 0 Å². The molecular formula is C18H35N. The van der Waals surface area contributed by atoms with Crippen LogP contribution in [0.2, 0.25) is 0 Å². The lowest BCUT2D eigenvalue weighted by atomic mass is 9.69. The molecule has 112 valence electrons. The van der Waals surface area contributed by atoms with Crippen molar-refractivity contribution in [1.29, 1.82) is 0 Å². The molecule has 1 heteroatoms. The van der Waals surface area contributed by atoms with Gasteiger partial charge in [0, 0.05) is 6.04 Å². The molecule has 19 heavy (non-hydrogen) atoms. The molecule has 2 fully saturated rings. The Hall–Kier alpha value is -0.0400. The van der Waals surface area contributed by atoms with Gasteiger partial charge in [0.2, 0.25) is 0 Å². The minimum atomic E-state index is 0.524. The number of hydrogen-bond acceptors (Lipinski definition) is 1. The third kappa shape index (κ3) is 2.37. The minimum Gasteiger partial charge on any atom is -0.313 e. The van der Waals surface area contributed by atoms with Gasteiger partial charge in [0.15, 0.2) is 0 Å². The van der Waals surface area contributed by atoms with Gasteiger partial charge < -0.3 is 5.32 Å². The lowest BCUT2D eigenvalue weighted by molar-refractivity contribution is 0.114. The van der Waals surface area contributed by atoms with Crippen LogP contribution >= 0.6 is 0 Å². The smallest absolute Gasteiger partial charge is 0.0129 e. The third-order valence-corrected chi connectivity index (χ3v) is 7.11. The van der Waals surface area contributed by atoms with E-state index in [1.54, 1.807) is 0 Å². The van der Waals surface area contributed by atoms with E-state index in [0.717, 1.165) is 29.7 Å². The predicted molar refractivity (Wildman–Crippen MR) is 84.2 cm³/mol. The number of hydrogen-bond donors (Lipinski definition) is 1. The van der Waals surface area contributed by atoms with Crippen LogP contribution in [0.15, 0.2) is 0 Å². The predicted octanol–water partition coefficient (Wildman–Crippen LogP) is 4.72. The lowest BCUT2D eigenvalue weighted by Crippen LogP contribution is -2.47. The third-order valence-electron chi connectivity index (χ3n) is 7.11. The summed E-state index contributed by atoms with van der Waals surface area (Å²) >= 11 is 0. The molecule has 2 aliphatic carbocycles. The second-order valence-corrected chi connectivity index (χ2v) is 8.72. The fraction of sp³-hybridized carbons (Fsp3) is 1.00. The molecular weight excluding hydrogens is 230 g/mol. The summed E-state index contributed by atoms with van der Waals surface area (Å²) in [5, 5.41) is 3.97. The van der Waals surface area contributed by atoms with E-state index in [1.807, 2.05) is 0 Å². The molecule has 0 heterocycles. The van der Waals surface area contributed by atoms with Crippen LogP contribution in [0.5, 0.6) is 0 Å². The van der Waals surface area contributed by atoms with Crippen molar-refractivity contribution in [1.82, 2.24) is 5.32 Å². The first-order valence-electron chi connectivity index (χ1n) is 8.43. The molecule has 3 atom stereocenters. The Morgan fingerprint density at radius 3 is 2.00 bits per heavy atom. The average Bonchev–Trinajstić information content (AvgIpc) is 2.61. The Labute approximate surface area is 120 Å². The molecule has 2 rings (SSSR count). The summed E-state index contributed by atoms with van der Waals surface area (Å²) < 4.78 is 0. The molecule has 0 aliphatic heterocycles. The summed E-state index contributed by atoms with van der Waals surface area (Å²) in [5.41, 5.74) is 1.06. The van der Waals surface area contributed by atoms with Gasteiger partial charge in [-0.1, -0.05) is 48.5 Å². The Kier molecular flexibility index (Phi) is 4.09. The van der Waals surface area contributed by atoms with Crippen LogP contribution in [-0.2, 0) is 0 Å². The lowest BCUT2D eigenvalue weighted by Gasteiger charge is -2.40. The fourth-order valence-electron chi connectivity index (χ4n) is 5.03. The van der Waals surface area contributed by atoms with E-state index in [9.17, 15) is 0 Å². The number of nitrogens with one attached hydrogen (secondary N) is 1. The Morgan fingerprint density at radius 1 is 1.05 bits per heavy atom. The first-order valence-corrected chi connectivity index (χ1v) is 8.43. The highest BCUT2D eigenvalue weighted by molar-refractivity contribution is 5.13. The van der Waals surface area contributed by atoms with Gasteiger partial charge in [0.1, 0.15) is 0 Å². The van der Waals surface area contributed by atoms with Crippen molar-refractivity contribution >= 4 is 0 Å². The van der Waals surface area contributed by atoms with E-state index in [4.69, 9.17) is 0 Å². The van der Waals surface area contributed by atoms with Crippen LogP contribution in [0.4, 0.5) is 0 Å². The molecule has 3 unspecified atom stereocenters. The molecule has 0 amide bonds. The summed E-state index contributed by atoms with van der Waals surface area (Å²) in [6.45, 7) is 18.3. The van der Waals surface area contributed by atoms with Gasteiger partial charge in [-0.25, -0.2) is 0 Å². The molecule has 1 nitrogen and oxygen atoms in total. The maximum atomic E-state index is 3.97. The number of fused-ring (bicyclic) bond motifs is 2. The van der Waals surface area contributed by atoms with Gasteiger partial charge in [-0.3, -0.25) is 0 Å². The number of rotatable bonds is 5. The first kappa shape index (κ1) is 15.4. The van der Waals surface area contributed by atoms with Gasteiger partial charge in [0.05, 0.1) is 0 Å². The fourth-order valence-corrected chi connectivity index (χ4v) is 5.03. The zero-order valence-corrected chi connectivity index (χ0v) is 14.2. The summed E-state index contributed by atoms with van der Waals surface area (Å²) in [6, 6.07) is 0.751. The zero-order chi connectivity index (χ0) is 14.4. The normalized spacial score (nSPS) is 36.9. The van der Waals surface area contributed by atoms with E-state index in [2.05, 4.69) is 53.8 Å². The first-order chi connectivity index (χ1) is 8.70. The molecule has 2 saturated carbocycles. The van der Waals surface area contributed by atoms with Gasteiger partial charge >= 0.3 is 0 Å². The second kappa shape index (κ2) is 5.06. The maximum absolute atomic E-state index is 3.97. The molecule has 0 aromatic heterocycles. The highest BCUT2D eigenvalue weighted by Gasteiger charge is 2.61. The topological polar surface area (TPSA) is 12.0 Å². The van der Waals surface area contributed by atoms with Crippen LogP contribution in [0.3, 0.4) is 0 Å². The van der Waals surface area contributed by atoms with Crippen LogP contribution in [0, 0.1) is 34.5 Å². The molecule has 0 saturated heterocycles. The minimum absolute atomic E-state index is 0.524. The molecule has 2 aliphatic rings. The summed E-state index contributed by atoms with van der Waals surface area (Å²) in [6.07, 6.45) is 4.29. The molecule has 2 bridgehead atoms. The van der Waals surface area contributed by atoms with Crippen LogP contribution in [0.25, 0.3) is 0 Å². The average molecular weight is 265 g/mol. The van der Waals surface area contributed by atoms with E-state index in [-0.39, 0.29) is 0 Å². The Balaban J connectivity index is 1.99. The standard InChI is InChI=1S/C18H35N/c1-12(2)15(13(3)4)11-19-16-10-14-8-9-18(16,7)17(14,5)6/h12-16,19H,8-11H2,1-7H3. The van der Waals surface area contributed by atoms with Crippen molar-refractivity contribution < 1.29 is 0 Å². The Bertz CT molecular complexity index is 310. The van der Waals surface area contributed by atoms with Gasteiger partial charge in [-0.15, -0.1) is 0 Å². The van der Waals surface area contributed by atoms with Crippen molar-refractivity contribution in [3.8, 4) is 0 Å².